The van der Waals surface area contributed by atoms with Crippen LogP contribution in [-0.2, 0) is 37.7 Å². The number of fused-ring (bicyclic) bond motifs is 5. The molecule has 3 fully saturated rings. The zero-order chi connectivity index (χ0) is 38.4. The fourth-order valence-corrected chi connectivity index (χ4v) is 12.4. The molecule has 3 aliphatic carbocycles. The highest BCUT2D eigenvalue weighted by Crippen LogP contribution is 2.65. The quantitative estimate of drug-likeness (QED) is 0.128. The number of ether oxygens (including phenoxy) is 5. The highest BCUT2D eigenvalue weighted by molar-refractivity contribution is 6.73. The lowest BCUT2D eigenvalue weighted by molar-refractivity contribution is -0.344. The van der Waals surface area contributed by atoms with Gasteiger partial charge in [-0.25, -0.2) is 9.59 Å². The molecule has 13 heteroatoms. The predicted octanol–water partition coefficient (Wildman–Crippen LogP) is 5.46. The molecule has 4 aliphatic rings. The SMILES string of the molecule is C=CCOC(=O)O[C@H]1C(=O)[C@]2(C)[C@@H](O[Si](CC)(CC)CC)C[C@H]3OC[C@@]3(OC(C)=O)[C@H]2[C@H](OC(=O)c2ccccc2)[C@]2(O)C[C@H](O)C(C)=C1C2(C)C. The monoisotopic (exact) mass is 742 g/mol. The van der Waals surface area contributed by atoms with E-state index in [-0.39, 0.29) is 37.2 Å². The van der Waals surface area contributed by atoms with Crippen molar-refractivity contribution < 1.29 is 57.5 Å². The average molecular weight is 743 g/mol. The summed E-state index contributed by atoms with van der Waals surface area (Å²) in [6.45, 7) is 17.3. The number of aliphatic hydroxyl groups is 2. The molecule has 286 valence electrons. The maximum atomic E-state index is 15.8. The van der Waals surface area contributed by atoms with Gasteiger partial charge in [0.1, 0.15) is 24.4 Å². The van der Waals surface area contributed by atoms with E-state index in [1.807, 2.05) is 0 Å². The number of carbonyl (C=O) groups is 4. The lowest BCUT2D eigenvalue weighted by Gasteiger charge is -2.68. The van der Waals surface area contributed by atoms with Gasteiger partial charge >= 0.3 is 18.1 Å². The number of carbonyl (C=O) groups excluding carboxylic acids is 4. The Labute approximate surface area is 306 Å². The number of hydrogen-bond acceptors (Lipinski definition) is 12. The third kappa shape index (κ3) is 6.15. The van der Waals surface area contributed by atoms with Crippen molar-refractivity contribution in [3.63, 3.8) is 0 Å². The molecule has 0 spiro atoms. The molecule has 2 N–H and O–H groups in total. The van der Waals surface area contributed by atoms with Crippen LogP contribution in [0.25, 0.3) is 0 Å². The second-order valence-electron chi connectivity index (χ2n) is 15.5. The maximum Gasteiger partial charge on any atom is 0.509 e. The highest BCUT2D eigenvalue weighted by atomic mass is 28.4. The third-order valence-corrected chi connectivity index (χ3v) is 17.4. The van der Waals surface area contributed by atoms with Gasteiger partial charge in [0.15, 0.2) is 25.8 Å². The number of benzene rings is 1. The van der Waals surface area contributed by atoms with Gasteiger partial charge in [-0.15, -0.1) is 0 Å². The number of rotatable bonds is 11. The van der Waals surface area contributed by atoms with E-state index < -0.39 is 90.7 Å². The largest absolute Gasteiger partial charge is 0.509 e. The summed E-state index contributed by atoms with van der Waals surface area (Å²) < 4.78 is 37.2. The van der Waals surface area contributed by atoms with Crippen molar-refractivity contribution in [2.24, 2.45) is 16.7 Å². The van der Waals surface area contributed by atoms with Crippen LogP contribution in [0, 0.1) is 16.7 Å². The van der Waals surface area contributed by atoms with Gasteiger partial charge in [0.05, 0.1) is 35.7 Å². The van der Waals surface area contributed by atoms with E-state index in [4.69, 9.17) is 28.1 Å². The number of esters is 2. The molecule has 52 heavy (non-hydrogen) atoms. The van der Waals surface area contributed by atoms with Gasteiger partial charge in [-0.2, -0.15) is 0 Å². The van der Waals surface area contributed by atoms with Crippen LogP contribution in [-0.4, -0.2) is 97.3 Å². The van der Waals surface area contributed by atoms with E-state index in [0.717, 1.165) is 18.1 Å². The number of ketones is 1. The molecule has 0 radical (unpaired) electrons. The summed E-state index contributed by atoms with van der Waals surface area (Å²) in [5.74, 6) is -3.37. The van der Waals surface area contributed by atoms with Crippen molar-refractivity contribution in [3.8, 4) is 0 Å². The molecule has 1 aromatic carbocycles. The van der Waals surface area contributed by atoms with Crippen LogP contribution in [0.1, 0.15) is 78.6 Å². The van der Waals surface area contributed by atoms with Crippen LogP contribution in [0.2, 0.25) is 18.1 Å². The van der Waals surface area contributed by atoms with E-state index in [9.17, 15) is 24.6 Å². The topological polar surface area (TPSA) is 164 Å². The fraction of sp³-hybridized carbons (Fsp3) is 0.641. The molecule has 1 saturated heterocycles. The number of hydrogen-bond donors (Lipinski definition) is 2. The van der Waals surface area contributed by atoms with E-state index >= 15 is 4.79 Å². The van der Waals surface area contributed by atoms with E-state index in [0.29, 0.717) is 5.57 Å². The first-order chi connectivity index (χ1) is 24.4. The second kappa shape index (κ2) is 14.5. The molecule has 0 amide bonds. The first kappa shape index (κ1) is 39.8. The van der Waals surface area contributed by atoms with Crippen LogP contribution in [0.5, 0.6) is 0 Å². The van der Waals surface area contributed by atoms with Crippen molar-refractivity contribution in [1.29, 1.82) is 0 Å². The smallest absolute Gasteiger partial charge is 0.455 e. The Morgan fingerprint density at radius 2 is 1.69 bits per heavy atom. The summed E-state index contributed by atoms with van der Waals surface area (Å²) >= 11 is 0. The van der Waals surface area contributed by atoms with Gasteiger partial charge < -0.3 is 38.3 Å². The molecular weight excluding hydrogens is 689 g/mol. The Morgan fingerprint density at radius 1 is 1.06 bits per heavy atom. The Hall–Kier alpha value is -3.36. The average Bonchev–Trinajstić information content (AvgIpc) is 3.10. The zero-order valence-corrected chi connectivity index (χ0v) is 32.6. The van der Waals surface area contributed by atoms with E-state index in [1.165, 1.54) is 13.0 Å². The van der Waals surface area contributed by atoms with Crippen LogP contribution in [0.15, 0.2) is 54.1 Å². The minimum atomic E-state index is -2.53. The minimum absolute atomic E-state index is 0.135. The molecule has 0 unspecified atom stereocenters. The van der Waals surface area contributed by atoms with Gasteiger partial charge in [-0.1, -0.05) is 65.5 Å². The van der Waals surface area contributed by atoms with Gasteiger partial charge in [-0.05, 0) is 55.3 Å². The van der Waals surface area contributed by atoms with Gasteiger partial charge in [0.2, 0.25) is 0 Å². The summed E-state index contributed by atoms with van der Waals surface area (Å²) in [6.07, 6.45) is -6.27. The normalized spacial score (nSPS) is 35.1. The molecule has 9 atom stereocenters. The molecule has 2 bridgehead atoms. The fourth-order valence-electron chi connectivity index (χ4n) is 9.45. The van der Waals surface area contributed by atoms with E-state index in [1.54, 1.807) is 58.0 Å². The van der Waals surface area contributed by atoms with Gasteiger partial charge in [0.25, 0.3) is 0 Å². The van der Waals surface area contributed by atoms with Crippen LogP contribution in [0.3, 0.4) is 0 Å². The molecule has 12 nitrogen and oxygen atoms in total. The standard InChI is InChI=1S/C39H54O12Si/c1-10-19-46-35(44)48-30-29-23(5)26(41)21-39(45,36(29,7)8)33(49-34(43)25-17-15-14-16-18-25)31-37(9,32(30)42)27(51-52(11-2,12-3)13-4)20-28-38(31,22-47-28)50-24(6)40/h10,14-18,26-28,30-31,33,41,45H,1,11-13,19-22H2,2-9H3/t26-,27-,28+,30+,31-,33-,37+,38-,39+/m0/s1. The lowest BCUT2D eigenvalue weighted by atomic mass is 9.44. The second-order valence-corrected chi connectivity index (χ2v) is 20.2. The highest BCUT2D eigenvalue weighted by Gasteiger charge is 2.78. The van der Waals surface area contributed by atoms with Crippen molar-refractivity contribution >= 4 is 32.2 Å². The number of Topliss-reactive ketones (excluding diaryl/α,β-unsaturated/α-hetero) is 1. The van der Waals surface area contributed by atoms with Crippen molar-refractivity contribution in [2.45, 2.75) is 128 Å². The molecular formula is C39H54O12Si. The lowest BCUT2D eigenvalue weighted by Crippen LogP contribution is -2.82. The Kier molecular flexibility index (Phi) is 11.1. The van der Waals surface area contributed by atoms with E-state index in [2.05, 4.69) is 27.4 Å². The van der Waals surface area contributed by atoms with Crippen molar-refractivity contribution in [2.75, 3.05) is 13.2 Å². The molecule has 1 aliphatic heterocycles. The van der Waals surface area contributed by atoms with Crippen molar-refractivity contribution in [3.05, 3.63) is 59.7 Å². The minimum Gasteiger partial charge on any atom is -0.455 e. The summed E-state index contributed by atoms with van der Waals surface area (Å²) in [5.41, 5.74) is -6.26. The first-order valence-corrected chi connectivity index (χ1v) is 20.8. The van der Waals surface area contributed by atoms with Crippen molar-refractivity contribution in [1.82, 2.24) is 0 Å². The maximum absolute atomic E-state index is 15.8. The van der Waals surface area contributed by atoms with Gasteiger partial charge in [0, 0.05) is 25.2 Å². The molecule has 1 heterocycles. The van der Waals surface area contributed by atoms with Gasteiger partial charge in [-0.3, -0.25) is 9.59 Å². The zero-order valence-electron chi connectivity index (χ0n) is 31.6. The Balaban J connectivity index is 1.87. The Morgan fingerprint density at radius 3 is 2.23 bits per heavy atom. The summed E-state index contributed by atoms with van der Waals surface area (Å²) in [7, 11) is -2.53. The van der Waals surface area contributed by atoms with Crippen LogP contribution >= 0.6 is 0 Å². The summed E-state index contributed by atoms with van der Waals surface area (Å²) in [6, 6.07) is 10.4. The third-order valence-electron chi connectivity index (χ3n) is 12.7. The molecule has 2 saturated carbocycles. The summed E-state index contributed by atoms with van der Waals surface area (Å²) in [4.78, 5) is 56.3. The predicted molar refractivity (Wildman–Crippen MR) is 192 cm³/mol. The molecule has 0 aromatic heterocycles. The molecule has 5 rings (SSSR count). The Bertz CT molecular complexity index is 1590. The number of aliphatic hydroxyl groups excluding tert-OH is 1. The first-order valence-electron chi connectivity index (χ1n) is 18.3. The molecule has 1 aromatic rings. The van der Waals surface area contributed by atoms with Crippen LogP contribution < -0.4 is 0 Å². The van der Waals surface area contributed by atoms with Crippen LogP contribution in [0.4, 0.5) is 4.79 Å². The summed E-state index contributed by atoms with van der Waals surface area (Å²) in [5, 5.41) is 25.0.